The van der Waals surface area contributed by atoms with Crippen molar-refractivity contribution in [1.82, 2.24) is 0 Å². The Balaban J connectivity index is 2.10. The molecular formula is C15H18O2S. The van der Waals surface area contributed by atoms with E-state index in [9.17, 15) is 5.11 Å². The van der Waals surface area contributed by atoms with E-state index in [0.29, 0.717) is 6.61 Å². The first-order valence-electron chi connectivity index (χ1n) is 6.14. The van der Waals surface area contributed by atoms with Gasteiger partial charge in [0, 0.05) is 15.3 Å². The molecule has 0 unspecified atom stereocenters. The zero-order chi connectivity index (χ0) is 13.0. The summed E-state index contributed by atoms with van der Waals surface area (Å²) in [6.07, 6.45) is 1.07. The van der Waals surface area contributed by atoms with Crippen LogP contribution in [-0.4, -0.2) is 5.11 Å². The van der Waals surface area contributed by atoms with Crippen LogP contribution in [0.25, 0.3) is 0 Å². The predicted octanol–water partition coefficient (Wildman–Crippen LogP) is 3.69. The number of para-hydroxylation sites is 1. The molecule has 0 atom stereocenters. The Kier molecular flexibility index (Phi) is 4.39. The van der Waals surface area contributed by atoms with Crippen LogP contribution in [0.4, 0.5) is 0 Å². The molecule has 0 saturated carbocycles. The highest BCUT2D eigenvalue weighted by molar-refractivity contribution is 7.11. The zero-order valence-electron chi connectivity index (χ0n) is 10.8. The summed E-state index contributed by atoms with van der Waals surface area (Å²) < 4.78 is 5.85. The lowest BCUT2D eigenvalue weighted by Gasteiger charge is -2.12. The van der Waals surface area contributed by atoms with Crippen molar-refractivity contribution in [1.29, 1.82) is 0 Å². The second-order valence-corrected chi connectivity index (χ2v) is 5.48. The Hall–Kier alpha value is -1.32. The lowest BCUT2D eigenvalue weighted by atomic mass is 10.1. The minimum atomic E-state index is 0.0155. The Morgan fingerprint density at radius 3 is 2.61 bits per heavy atom. The predicted molar refractivity (Wildman–Crippen MR) is 75.1 cm³/mol. The number of ether oxygens (including phenoxy) is 1. The van der Waals surface area contributed by atoms with Gasteiger partial charge in [-0.05, 0) is 31.0 Å². The monoisotopic (exact) mass is 262 g/mol. The molecule has 0 aliphatic rings. The van der Waals surface area contributed by atoms with Gasteiger partial charge in [0.2, 0.25) is 0 Å². The molecule has 2 rings (SSSR count). The van der Waals surface area contributed by atoms with Crippen LogP contribution in [0.1, 0.15) is 27.8 Å². The molecule has 1 N–H and O–H groups in total. The second-order valence-electron chi connectivity index (χ2n) is 4.23. The Morgan fingerprint density at radius 1 is 1.17 bits per heavy atom. The summed E-state index contributed by atoms with van der Waals surface area (Å²) in [5.41, 5.74) is 1.91. The molecule has 0 amide bonds. The Bertz CT molecular complexity index is 517. The third-order valence-electron chi connectivity index (χ3n) is 2.89. The zero-order valence-corrected chi connectivity index (χ0v) is 11.6. The number of aryl methyl sites for hydroxylation is 2. The number of hydrogen-bond acceptors (Lipinski definition) is 3. The first kappa shape index (κ1) is 13.1. The molecule has 2 aromatic rings. The van der Waals surface area contributed by atoms with E-state index in [1.807, 2.05) is 25.1 Å². The van der Waals surface area contributed by atoms with Crippen molar-refractivity contribution in [2.45, 2.75) is 33.5 Å². The number of aliphatic hydroxyl groups excluding tert-OH is 1. The number of rotatable bonds is 5. The molecule has 0 aliphatic carbocycles. The van der Waals surface area contributed by atoms with Crippen LogP contribution in [0.15, 0.2) is 30.3 Å². The first-order valence-corrected chi connectivity index (χ1v) is 6.96. The van der Waals surface area contributed by atoms with Gasteiger partial charge < -0.3 is 9.84 Å². The molecule has 0 saturated heterocycles. The number of hydrogen-bond donors (Lipinski definition) is 1. The van der Waals surface area contributed by atoms with Crippen LogP contribution in [0.3, 0.4) is 0 Å². The molecule has 0 aliphatic heterocycles. The van der Waals surface area contributed by atoms with Gasteiger partial charge in [0.25, 0.3) is 0 Å². The molecule has 0 bridgehead atoms. The van der Waals surface area contributed by atoms with Crippen molar-refractivity contribution in [3.63, 3.8) is 0 Å². The molecular weight excluding hydrogens is 244 g/mol. The quantitative estimate of drug-likeness (QED) is 0.890. The van der Waals surface area contributed by atoms with Crippen molar-refractivity contribution >= 4 is 11.3 Å². The van der Waals surface area contributed by atoms with Crippen LogP contribution in [-0.2, 0) is 19.6 Å². The van der Waals surface area contributed by atoms with E-state index in [1.165, 1.54) is 9.75 Å². The van der Waals surface area contributed by atoms with Crippen LogP contribution in [0.2, 0.25) is 0 Å². The third kappa shape index (κ3) is 2.92. The van der Waals surface area contributed by atoms with Gasteiger partial charge in [-0.1, -0.05) is 25.1 Å². The smallest absolute Gasteiger partial charge is 0.128 e. The summed E-state index contributed by atoms with van der Waals surface area (Å²) in [5, 5.41) is 9.30. The van der Waals surface area contributed by atoms with Gasteiger partial charge in [-0.3, -0.25) is 0 Å². The number of benzene rings is 1. The highest BCUT2D eigenvalue weighted by Crippen LogP contribution is 2.26. The van der Waals surface area contributed by atoms with E-state index in [-0.39, 0.29) is 6.61 Å². The molecule has 18 heavy (non-hydrogen) atoms. The summed E-state index contributed by atoms with van der Waals surface area (Å²) in [6.45, 7) is 4.74. The fourth-order valence-electron chi connectivity index (χ4n) is 1.88. The number of thiophene rings is 1. The Labute approximate surface area is 112 Å². The average Bonchev–Trinajstić information content (AvgIpc) is 2.85. The van der Waals surface area contributed by atoms with E-state index in [4.69, 9.17) is 4.74 Å². The van der Waals surface area contributed by atoms with Gasteiger partial charge in [0.1, 0.15) is 12.4 Å². The van der Waals surface area contributed by atoms with Gasteiger partial charge in [0.15, 0.2) is 0 Å². The van der Waals surface area contributed by atoms with E-state index in [0.717, 1.165) is 23.3 Å². The van der Waals surface area contributed by atoms with Crippen LogP contribution in [0.5, 0.6) is 5.75 Å². The maximum atomic E-state index is 9.30. The van der Waals surface area contributed by atoms with Gasteiger partial charge in [-0.15, -0.1) is 11.3 Å². The molecule has 1 aromatic heterocycles. The highest BCUT2D eigenvalue weighted by Gasteiger charge is 2.07. The van der Waals surface area contributed by atoms with Crippen molar-refractivity contribution in [3.05, 3.63) is 51.2 Å². The molecule has 96 valence electrons. The van der Waals surface area contributed by atoms with Crippen molar-refractivity contribution < 1.29 is 9.84 Å². The van der Waals surface area contributed by atoms with Crippen molar-refractivity contribution in [2.24, 2.45) is 0 Å². The molecule has 0 radical (unpaired) electrons. The van der Waals surface area contributed by atoms with Crippen LogP contribution < -0.4 is 4.74 Å². The summed E-state index contributed by atoms with van der Waals surface area (Å²) in [5.74, 6) is 0.812. The van der Waals surface area contributed by atoms with E-state index in [1.54, 1.807) is 11.3 Å². The minimum Gasteiger partial charge on any atom is -0.487 e. The maximum absolute atomic E-state index is 9.30. The normalized spacial score (nSPS) is 10.6. The fourth-order valence-corrected chi connectivity index (χ4v) is 2.75. The SMILES string of the molecule is CCc1ccc(COc2c(C)cccc2CO)s1. The van der Waals surface area contributed by atoms with Gasteiger partial charge in [-0.2, -0.15) is 0 Å². The molecule has 2 nitrogen and oxygen atoms in total. The topological polar surface area (TPSA) is 29.5 Å². The second kappa shape index (κ2) is 6.03. The van der Waals surface area contributed by atoms with Crippen molar-refractivity contribution in [3.8, 4) is 5.75 Å². The van der Waals surface area contributed by atoms with E-state index in [2.05, 4.69) is 19.1 Å². The van der Waals surface area contributed by atoms with E-state index >= 15 is 0 Å². The third-order valence-corrected chi connectivity index (χ3v) is 4.09. The molecule has 3 heteroatoms. The standard InChI is InChI=1S/C15H18O2S/c1-3-13-7-8-14(18-13)10-17-15-11(2)5-4-6-12(15)9-16/h4-8,16H,3,9-10H2,1-2H3. The first-order chi connectivity index (χ1) is 8.74. The lowest BCUT2D eigenvalue weighted by Crippen LogP contribution is -1.99. The largest absolute Gasteiger partial charge is 0.487 e. The van der Waals surface area contributed by atoms with E-state index < -0.39 is 0 Å². The summed E-state index contributed by atoms with van der Waals surface area (Å²) in [4.78, 5) is 2.60. The lowest BCUT2D eigenvalue weighted by molar-refractivity contribution is 0.259. The fraction of sp³-hybridized carbons (Fsp3) is 0.333. The summed E-state index contributed by atoms with van der Waals surface area (Å²) in [7, 11) is 0. The summed E-state index contributed by atoms with van der Waals surface area (Å²) in [6, 6.07) is 10.1. The van der Waals surface area contributed by atoms with Gasteiger partial charge in [0.05, 0.1) is 6.61 Å². The molecule has 1 heterocycles. The van der Waals surface area contributed by atoms with Crippen LogP contribution in [0, 0.1) is 6.92 Å². The van der Waals surface area contributed by atoms with Gasteiger partial charge in [-0.25, -0.2) is 0 Å². The maximum Gasteiger partial charge on any atom is 0.128 e. The highest BCUT2D eigenvalue weighted by atomic mass is 32.1. The van der Waals surface area contributed by atoms with Crippen molar-refractivity contribution in [2.75, 3.05) is 0 Å². The molecule has 1 aromatic carbocycles. The van der Waals surface area contributed by atoms with Crippen LogP contribution >= 0.6 is 11.3 Å². The molecule has 0 fully saturated rings. The number of aliphatic hydroxyl groups is 1. The minimum absolute atomic E-state index is 0.0155. The summed E-state index contributed by atoms with van der Waals surface area (Å²) >= 11 is 1.78. The molecule has 0 spiro atoms. The average molecular weight is 262 g/mol. The Morgan fingerprint density at radius 2 is 1.94 bits per heavy atom. The van der Waals surface area contributed by atoms with Gasteiger partial charge >= 0.3 is 0 Å².